The molecule has 6 heteroatoms. The lowest BCUT2D eigenvalue weighted by atomic mass is 10.0. The summed E-state index contributed by atoms with van der Waals surface area (Å²) in [6.07, 6.45) is 0.421. The third-order valence-corrected chi connectivity index (χ3v) is 3.24. The highest BCUT2D eigenvalue weighted by Crippen LogP contribution is 2.30. The van der Waals surface area contributed by atoms with Crippen molar-refractivity contribution in [1.82, 2.24) is 0 Å². The van der Waals surface area contributed by atoms with Gasteiger partial charge in [0.05, 0.1) is 12.2 Å². The molecule has 2 atom stereocenters. The van der Waals surface area contributed by atoms with E-state index < -0.39 is 29.2 Å². The summed E-state index contributed by atoms with van der Waals surface area (Å²) in [5, 5.41) is 19.1. The van der Waals surface area contributed by atoms with Crippen LogP contribution in [-0.2, 0) is 19.6 Å². The number of aliphatic hydroxyl groups is 2. The molecule has 0 aliphatic heterocycles. The monoisotopic (exact) mass is 350 g/mol. The van der Waals surface area contributed by atoms with E-state index in [1.807, 2.05) is 41.5 Å². The van der Waals surface area contributed by atoms with Crippen LogP contribution >= 0.6 is 0 Å². The second kappa shape index (κ2) is 9.46. The number of hydrogen-bond acceptors (Lipinski definition) is 6. The van der Waals surface area contributed by atoms with Crippen LogP contribution in [0.4, 0.5) is 0 Å². The fourth-order valence-electron chi connectivity index (χ4n) is 2.72. The molecule has 0 aromatic rings. The zero-order valence-corrected chi connectivity index (χ0v) is 16.9. The standard InChI is InChI=1S/C18H38O6/c1-13(2)10-18(9,23-21-16(5,6)11-14(3)19)24-22-17(7,8)12-15(4)20/h13-15,19-20H,10-12H2,1-9H3. The molecule has 6 nitrogen and oxygen atoms in total. The largest absolute Gasteiger partial charge is 0.393 e. The molecule has 0 saturated carbocycles. The Hall–Kier alpha value is -0.240. The lowest BCUT2D eigenvalue weighted by Gasteiger charge is -2.36. The van der Waals surface area contributed by atoms with Crippen molar-refractivity contribution in [2.45, 2.75) is 111 Å². The van der Waals surface area contributed by atoms with Crippen molar-refractivity contribution >= 4 is 0 Å². The Labute approximate surface area is 147 Å². The van der Waals surface area contributed by atoms with Gasteiger partial charge in [-0.25, -0.2) is 9.78 Å². The average Bonchev–Trinajstić information content (AvgIpc) is 2.31. The van der Waals surface area contributed by atoms with Crippen molar-refractivity contribution in [2.24, 2.45) is 5.92 Å². The van der Waals surface area contributed by atoms with E-state index in [9.17, 15) is 10.2 Å². The normalized spacial score (nSPS) is 18.5. The van der Waals surface area contributed by atoms with Gasteiger partial charge in [0.1, 0.15) is 11.2 Å². The molecule has 0 saturated heterocycles. The Morgan fingerprint density at radius 2 is 0.958 bits per heavy atom. The minimum absolute atomic E-state index is 0.293. The lowest BCUT2D eigenvalue weighted by Crippen LogP contribution is -2.42. The minimum Gasteiger partial charge on any atom is -0.393 e. The summed E-state index contributed by atoms with van der Waals surface area (Å²) in [7, 11) is 0. The number of rotatable bonds is 12. The molecule has 24 heavy (non-hydrogen) atoms. The molecule has 2 unspecified atom stereocenters. The zero-order chi connectivity index (χ0) is 19.2. The van der Waals surface area contributed by atoms with Gasteiger partial charge >= 0.3 is 0 Å². The van der Waals surface area contributed by atoms with Gasteiger partial charge < -0.3 is 10.2 Å². The van der Waals surface area contributed by atoms with Crippen LogP contribution in [0.25, 0.3) is 0 Å². The summed E-state index contributed by atoms with van der Waals surface area (Å²) >= 11 is 0. The molecular weight excluding hydrogens is 312 g/mol. The molecule has 0 aromatic carbocycles. The molecule has 0 aromatic heterocycles. The molecule has 0 spiro atoms. The summed E-state index contributed by atoms with van der Waals surface area (Å²) in [6, 6.07) is 0. The molecule has 2 N–H and O–H groups in total. The van der Waals surface area contributed by atoms with Crippen molar-refractivity contribution in [3.63, 3.8) is 0 Å². The van der Waals surface area contributed by atoms with Gasteiger partial charge in [-0.1, -0.05) is 13.8 Å². The summed E-state index contributed by atoms with van der Waals surface area (Å²) in [6.45, 7) is 16.6. The molecule has 0 rings (SSSR count). The summed E-state index contributed by atoms with van der Waals surface area (Å²) < 4.78 is 0. The molecule has 0 radical (unpaired) electrons. The Bertz CT molecular complexity index is 323. The summed E-state index contributed by atoms with van der Waals surface area (Å²) in [5.74, 6) is -0.804. The maximum atomic E-state index is 9.54. The van der Waals surface area contributed by atoms with E-state index in [1.54, 1.807) is 20.8 Å². The van der Waals surface area contributed by atoms with Crippen LogP contribution in [0, 0.1) is 5.92 Å². The first-order valence-corrected chi connectivity index (χ1v) is 8.76. The fraction of sp³-hybridized carbons (Fsp3) is 1.00. The molecule has 0 fully saturated rings. The van der Waals surface area contributed by atoms with Crippen LogP contribution in [0.5, 0.6) is 0 Å². The van der Waals surface area contributed by atoms with Crippen molar-refractivity contribution in [3.8, 4) is 0 Å². The molecule has 0 bridgehead atoms. The van der Waals surface area contributed by atoms with E-state index in [-0.39, 0.29) is 0 Å². The van der Waals surface area contributed by atoms with E-state index >= 15 is 0 Å². The lowest BCUT2D eigenvalue weighted by molar-refractivity contribution is -0.542. The van der Waals surface area contributed by atoms with Crippen LogP contribution in [0.1, 0.15) is 81.6 Å². The van der Waals surface area contributed by atoms with Gasteiger partial charge in [-0.05, 0) is 54.4 Å². The van der Waals surface area contributed by atoms with Crippen molar-refractivity contribution in [1.29, 1.82) is 0 Å². The van der Waals surface area contributed by atoms with Crippen LogP contribution < -0.4 is 0 Å². The fourth-order valence-corrected chi connectivity index (χ4v) is 2.72. The van der Waals surface area contributed by atoms with Crippen LogP contribution in [0.2, 0.25) is 0 Å². The van der Waals surface area contributed by atoms with Crippen LogP contribution in [-0.4, -0.2) is 39.4 Å². The molecule has 0 aliphatic carbocycles. The predicted octanol–water partition coefficient (Wildman–Crippen LogP) is 3.74. The van der Waals surface area contributed by atoms with Crippen LogP contribution in [0.3, 0.4) is 0 Å². The number of hydrogen-bond donors (Lipinski definition) is 2. The highest BCUT2D eigenvalue weighted by molar-refractivity contribution is 4.72. The van der Waals surface area contributed by atoms with E-state index in [0.29, 0.717) is 25.2 Å². The molecule has 0 heterocycles. The quantitative estimate of drug-likeness (QED) is 0.317. The van der Waals surface area contributed by atoms with Gasteiger partial charge in [0.15, 0.2) is 0 Å². The van der Waals surface area contributed by atoms with Gasteiger partial charge in [0.25, 0.3) is 0 Å². The van der Waals surface area contributed by atoms with Crippen LogP contribution in [0.15, 0.2) is 0 Å². The van der Waals surface area contributed by atoms with Gasteiger partial charge in [-0.15, -0.1) is 0 Å². The third-order valence-electron chi connectivity index (χ3n) is 3.24. The Morgan fingerprint density at radius 1 is 0.625 bits per heavy atom. The maximum Gasteiger partial charge on any atom is 0.231 e. The van der Waals surface area contributed by atoms with E-state index in [4.69, 9.17) is 19.6 Å². The predicted molar refractivity (Wildman–Crippen MR) is 93.0 cm³/mol. The highest BCUT2D eigenvalue weighted by atomic mass is 17.3. The zero-order valence-electron chi connectivity index (χ0n) is 16.9. The molecule has 146 valence electrons. The third kappa shape index (κ3) is 11.3. The van der Waals surface area contributed by atoms with Crippen molar-refractivity contribution < 1.29 is 29.8 Å². The van der Waals surface area contributed by atoms with E-state index in [1.165, 1.54) is 0 Å². The second-order valence-electron chi connectivity index (χ2n) is 8.69. The van der Waals surface area contributed by atoms with Crippen molar-refractivity contribution in [2.75, 3.05) is 0 Å². The maximum absolute atomic E-state index is 9.54. The number of aliphatic hydroxyl groups excluding tert-OH is 2. The van der Waals surface area contributed by atoms with Gasteiger partial charge in [0, 0.05) is 19.3 Å². The highest BCUT2D eigenvalue weighted by Gasteiger charge is 2.36. The first kappa shape index (κ1) is 23.8. The summed E-state index contributed by atoms with van der Waals surface area (Å²) in [4.78, 5) is 22.2. The van der Waals surface area contributed by atoms with Gasteiger partial charge in [0.2, 0.25) is 5.79 Å². The second-order valence-corrected chi connectivity index (χ2v) is 8.69. The minimum atomic E-state index is -1.10. The first-order valence-electron chi connectivity index (χ1n) is 8.76. The van der Waals surface area contributed by atoms with E-state index in [0.717, 1.165) is 0 Å². The average molecular weight is 350 g/mol. The van der Waals surface area contributed by atoms with Gasteiger partial charge in [-0.2, -0.15) is 9.78 Å². The van der Waals surface area contributed by atoms with Gasteiger partial charge in [-0.3, -0.25) is 0 Å². The first-order chi connectivity index (χ1) is 10.7. The Balaban J connectivity index is 4.83. The molecular formula is C18H38O6. The topological polar surface area (TPSA) is 77.4 Å². The van der Waals surface area contributed by atoms with Crippen molar-refractivity contribution in [3.05, 3.63) is 0 Å². The molecule has 0 amide bonds. The van der Waals surface area contributed by atoms with E-state index in [2.05, 4.69) is 0 Å². The smallest absolute Gasteiger partial charge is 0.231 e. The Morgan fingerprint density at radius 3 is 1.21 bits per heavy atom. The Kier molecular flexibility index (Phi) is 9.36. The molecule has 0 aliphatic rings. The SMILES string of the molecule is CC(C)CC(C)(OOC(C)(C)CC(C)O)OOC(C)(C)CC(C)O. The summed E-state index contributed by atoms with van der Waals surface area (Å²) in [5.41, 5.74) is -1.32.